The van der Waals surface area contributed by atoms with Gasteiger partial charge in [-0.05, 0) is 45.3 Å². The first-order chi connectivity index (χ1) is 10.7. The van der Waals surface area contributed by atoms with Crippen molar-refractivity contribution < 1.29 is 4.79 Å². The number of hydrogen-bond donors (Lipinski definition) is 2. The predicted octanol–water partition coefficient (Wildman–Crippen LogP) is 1.84. The van der Waals surface area contributed by atoms with Gasteiger partial charge in [0, 0.05) is 43.9 Å². The number of likely N-dealkylation sites (tertiary alicyclic amines) is 1. The average Bonchev–Trinajstić information content (AvgIpc) is 3.13. The molecule has 1 heterocycles. The van der Waals surface area contributed by atoms with Gasteiger partial charge in [0.1, 0.15) is 0 Å². The van der Waals surface area contributed by atoms with E-state index < -0.39 is 0 Å². The molecule has 1 saturated carbocycles. The molecular weight excluding hydrogens is 296 g/mol. The molecule has 0 aromatic carbocycles. The third-order valence-corrected chi connectivity index (χ3v) is 5.53. The monoisotopic (exact) mass is 326 g/mol. The first-order valence-electron chi connectivity index (χ1n) is 8.58. The molecule has 2 unspecified atom stereocenters. The predicted molar refractivity (Wildman–Crippen MR) is 94.5 cm³/mol. The minimum absolute atomic E-state index is 0.308. The van der Waals surface area contributed by atoms with Crippen molar-refractivity contribution in [2.24, 2.45) is 4.99 Å². The Hall–Kier alpha value is -0.910. The first-order valence-corrected chi connectivity index (χ1v) is 9.87. The smallest absolute Gasteiger partial charge is 0.222 e. The second-order valence-electron chi connectivity index (χ2n) is 6.11. The van der Waals surface area contributed by atoms with Crippen LogP contribution < -0.4 is 10.6 Å². The highest BCUT2D eigenvalue weighted by atomic mass is 32.2. The molecule has 6 heteroatoms. The highest BCUT2D eigenvalue weighted by Gasteiger charge is 2.24. The van der Waals surface area contributed by atoms with E-state index >= 15 is 0 Å². The summed E-state index contributed by atoms with van der Waals surface area (Å²) < 4.78 is 0. The number of carbonyl (C=O) groups is 1. The fourth-order valence-corrected chi connectivity index (χ4v) is 3.99. The summed E-state index contributed by atoms with van der Waals surface area (Å²) in [4.78, 5) is 18.2. The zero-order valence-electron chi connectivity index (χ0n) is 13.9. The molecule has 2 rings (SSSR count). The van der Waals surface area contributed by atoms with Crippen LogP contribution in [0.15, 0.2) is 4.99 Å². The summed E-state index contributed by atoms with van der Waals surface area (Å²) >= 11 is 1.97. The molecule has 126 valence electrons. The maximum Gasteiger partial charge on any atom is 0.222 e. The van der Waals surface area contributed by atoms with E-state index in [1.165, 1.54) is 19.3 Å². The van der Waals surface area contributed by atoms with Gasteiger partial charge in [-0.3, -0.25) is 9.79 Å². The van der Waals surface area contributed by atoms with Crippen molar-refractivity contribution in [1.29, 1.82) is 0 Å². The van der Waals surface area contributed by atoms with Gasteiger partial charge in [-0.2, -0.15) is 11.8 Å². The summed E-state index contributed by atoms with van der Waals surface area (Å²) in [5.74, 6) is 1.24. The van der Waals surface area contributed by atoms with Crippen molar-refractivity contribution in [2.75, 3.05) is 32.4 Å². The lowest BCUT2D eigenvalue weighted by Gasteiger charge is -2.18. The molecule has 2 aliphatic rings. The maximum absolute atomic E-state index is 11.6. The van der Waals surface area contributed by atoms with Crippen molar-refractivity contribution in [3.8, 4) is 0 Å². The van der Waals surface area contributed by atoms with Crippen molar-refractivity contribution in [3.05, 3.63) is 0 Å². The number of guanidine groups is 1. The third kappa shape index (κ3) is 5.38. The largest absolute Gasteiger partial charge is 0.357 e. The number of aliphatic imine (C=N–C) groups is 1. The van der Waals surface area contributed by atoms with Gasteiger partial charge < -0.3 is 15.5 Å². The quantitative estimate of drug-likeness (QED) is 0.426. The van der Waals surface area contributed by atoms with E-state index in [1.54, 1.807) is 0 Å². The van der Waals surface area contributed by atoms with Gasteiger partial charge in [0.15, 0.2) is 5.96 Å². The van der Waals surface area contributed by atoms with Crippen molar-refractivity contribution in [3.63, 3.8) is 0 Å². The van der Waals surface area contributed by atoms with E-state index in [9.17, 15) is 4.79 Å². The highest BCUT2D eigenvalue weighted by Crippen LogP contribution is 2.27. The van der Waals surface area contributed by atoms with Gasteiger partial charge in [0.05, 0.1) is 0 Å². The Kier molecular flexibility index (Phi) is 7.36. The van der Waals surface area contributed by atoms with Gasteiger partial charge in [0.25, 0.3) is 0 Å². The minimum Gasteiger partial charge on any atom is -0.357 e. The normalized spacial score (nSPS) is 25.8. The lowest BCUT2D eigenvalue weighted by molar-refractivity contribution is -0.127. The first kappa shape index (κ1) is 17.4. The third-order valence-electron chi connectivity index (χ3n) is 4.43. The standard InChI is InChI=1S/C16H30N4OS/c1-3-17-16(19-13-7-8-14(12-13)22-2)18-9-5-11-20-10-4-6-15(20)21/h13-14H,3-12H2,1-2H3,(H2,17,18,19). The maximum atomic E-state index is 11.6. The Morgan fingerprint density at radius 1 is 1.45 bits per heavy atom. The summed E-state index contributed by atoms with van der Waals surface area (Å²) in [6, 6.07) is 0.551. The second-order valence-corrected chi connectivity index (χ2v) is 7.25. The van der Waals surface area contributed by atoms with Crippen LogP contribution in [-0.4, -0.2) is 60.5 Å². The van der Waals surface area contributed by atoms with E-state index in [0.717, 1.165) is 56.7 Å². The van der Waals surface area contributed by atoms with Crippen LogP contribution in [0.25, 0.3) is 0 Å². The van der Waals surface area contributed by atoms with Gasteiger partial charge in [-0.1, -0.05) is 0 Å². The average molecular weight is 327 g/mol. The van der Waals surface area contributed by atoms with Crippen LogP contribution >= 0.6 is 11.8 Å². The molecule has 1 aliphatic heterocycles. The van der Waals surface area contributed by atoms with Crippen LogP contribution in [0.1, 0.15) is 45.4 Å². The van der Waals surface area contributed by atoms with Crippen molar-refractivity contribution in [1.82, 2.24) is 15.5 Å². The number of rotatable bonds is 7. The number of nitrogens with zero attached hydrogens (tertiary/aromatic N) is 2. The second kappa shape index (κ2) is 9.28. The number of nitrogens with one attached hydrogen (secondary N) is 2. The van der Waals surface area contributed by atoms with E-state index in [2.05, 4.69) is 28.8 Å². The van der Waals surface area contributed by atoms with E-state index in [0.29, 0.717) is 11.9 Å². The zero-order valence-corrected chi connectivity index (χ0v) is 14.8. The molecule has 2 atom stereocenters. The molecule has 0 aromatic heterocycles. The Morgan fingerprint density at radius 2 is 2.32 bits per heavy atom. The van der Waals surface area contributed by atoms with E-state index in [1.807, 2.05) is 16.7 Å². The number of hydrogen-bond acceptors (Lipinski definition) is 3. The van der Waals surface area contributed by atoms with Crippen LogP contribution in [0.4, 0.5) is 0 Å². The topological polar surface area (TPSA) is 56.7 Å². The van der Waals surface area contributed by atoms with Gasteiger partial charge >= 0.3 is 0 Å². The summed E-state index contributed by atoms with van der Waals surface area (Å²) in [7, 11) is 0. The molecule has 1 amide bonds. The van der Waals surface area contributed by atoms with Gasteiger partial charge in [0.2, 0.25) is 5.91 Å². The molecule has 1 saturated heterocycles. The van der Waals surface area contributed by atoms with Crippen LogP contribution in [0.3, 0.4) is 0 Å². The Balaban J connectivity index is 1.71. The molecule has 2 N–H and O–H groups in total. The van der Waals surface area contributed by atoms with Crippen molar-refractivity contribution >= 4 is 23.6 Å². The van der Waals surface area contributed by atoms with Gasteiger partial charge in [-0.25, -0.2) is 0 Å². The SMILES string of the molecule is CCNC(=NCCCN1CCCC1=O)NC1CCC(SC)C1. The van der Waals surface area contributed by atoms with Crippen molar-refractivity contribution in [2.45, 2.75) is 56.7 Å². The molecular formula is C16H30N4OS. The van der Waals surface area contributed by atoms with Crippen LogP contribution in [0, 0.1) is 0 Å². The number of amides is 1. The molecule has 0 radical (unpaired) electrons. The van der Waals surface area contributed by atoms with E-state index in [-0.39, 0.29) is 0 Å². The van der Waals surface area contributed by atoms with Crippen LogP contribution in [0.2, 0.25) is 0 Å². The molecule has 5 nitrogen and oxygen atoms in total. The fraction of sp³-hybridized carbons (Fsp3) is 0.875. The Labute approximate surface area is 138 Å². The molecule has 0 bridgehead atoms. The summed E-state index contributed by atoms with van der Waals surface area (Å²) in [5.41, 5.74) is 0. The summed E-state index contributed by atoms with van der Waals surface area (Å²) in [5, 5.41) is 7.69. The molecule has 0 aromatic rings. The number of thioether (sulfide) groups is 1. The molecule has 1 aliphatic carbocycles. The minimum atomic E-state index is 0.308. The van der Waals surface area contributed by atoms with Gasteiger partial charge in [-0.15, -0.1) is 0 Å². The lowest BCUT2D eigenvalue weighted by Crippen LogP contribution is -2.42. The lowest BCUT2D eigenvalue weighted by atomic mass is 10.2. The Morgan fingerprint density at radius 3 is 2.95 bits per heavy atom. The zero-order chi connectivity index (χ0) is 15.8. The molecule has 0 spiro atoms. The van der Waals surface area contributed by atoms with Crippen LogP contribution in [-0.2, 0) is 4.79 Å². The fourth-order valence-electron chi connectivity index (χ4n) is 3.19. The van der Waals surface area contributed by atoms with E-state index in [4.69, 9.17) is 0 Å². The number of carbonyl (C=O) groups excluding carboxylic acids is 1. The molecule has 22 heavy (non-hydrogen) atoms. The Bertz CT molecular complexity index is 388. The van der Waals surface area contributed by atoms with Crippen LogP contribution in [0.5, 0.6) is 0 Å². The summed E-state index contributed by atoms with van der Waals surface area (Å²) in [6.07, 6.45) is 8.66. The summed E-state index contributed by atoms with van der Waals surface area (Å²) in [6.45, 7) is 5.53. The molecule has 2 fully saturated rings. The highest BCUT2D eigenvalue weighted by molar-refractivity contribution is 7.99.